The molecular formula is C25H27FN2O4S. The molecule has 3 aromatic carbocycles. The van der Waals surface area contributed by atoms with Crippen LogP contribution in [0.3, 0.4) is 0 Å². The SMILES string of the molecule is CCOc1ccc(C(C)NC(=O)CN(c2ccccc2F)S(=O)(=O)c2ccc(C)cc2)cc1. The first-order valence-electron chi connectivity index (χ1n) is 10.6. The van der Waals surface area contributed by atoms with E-state index >= 15 is 0 Å². The first kappa shape index (κ1) is 24.3. The number of hydrogen-bond acceptors (Lipinski definition) is 4. The Kier molecular flexibility index (Phi) is 7.71. The lowest BCUT2D eigenvalue weighted by Gasteiger charge is -2.25. The number of halogens is 1. The van der Waals surface area contributed by atoms with Gasteiger partial charge in [0.2, 0.25) is 5.91 Å². The molecule has 1 atom stereocenters. The van der Waals surface area contributed by atoms with Gasteiger partial charge in [-0.3, -0.25) is 9.10 Å². The molecule has 1 N–H and O–H groups in total. The zero-order valence-electron chi connectivity index (χ0n) is 18.8. The summed E-state index contributed by atoms with van der Waals surface area (Å²) in [5, 5.41) is 2.79. The Morgan fingerprint density at radius 2 is 1.67 bits per heavy atom. The van der Waals surface area contributed by atoms with Crippen LogP contribution in [0.5, 0.6) is 5.75 Å². The summed E-state index contributed by atoms with van der Waals surface area (Å²) in [6.07, 6.45) is 0. The normalized spacial score (nSPS) is 12.1. The maximum absolute atomic E-state index is 14.6. The van der Waals surface area contributed by atoms with E-state index in [2.05, 4.69) is 5.32 Å². The van der Waals surface area contributed by atoms with Gasteiger partial charge in [-0.25, -0.2) is 12.8 Å². The lowest BCUT2D eigenvalue weighted by molar-refractivity contribution is -0.120. The molecule has 33 heavy (non-hydrogen) atoms. The second kappa shape index (κ2) is 10.5. The van der Waals surface area contributed by atoms with Crippen LogP contribution in [0.2, 0.25) is 0 Å². The third-order valence-electron chi connectivity index (χ3n) is 5.09. The number of carbonyl (C=O) groups excluding carboxylic acids is 1. The van der Waals surface area contributed by atoms with Crippen LogP contribution < -0.4 is 14.4 Å². The first-order valence-corrected chi connectivity index (χ1v) is 12.0. The van der Waals surface area contributed by atoms with Gasteiger partial charge in [-0.2, -0.15) is 0 Å². The molecule has 0 saturated carbocycles. The van der Waals surface area contributed by atoms with Crippen LogP contribution in [0, 0.1) is 12.7 Å². The summed E-state index contributed by atoms with van der Waals surface area (Å²) in [7, 11) is -4.18. The minimum absolute atomic E-state index is 0.0243. The molecule has 3 aromatic rings. The fourth-order valence-corrected chi connectivity index (χ4v) is 4.74. The first-order chi connectivity index (χ1) is 15.7. The largest absolute Gasteiger partial charge is 0.494 e. The smallest absolute Gasteiger partial charge is 0.264 e. The van der Waals surface area contributed by atoms with Crippen molar-refractivity contribution in [2.75, 3.05) is 17.5 Å². The van der Waals surface area contributed by atoms with E-state index in [9.17, 15) is 17.6 Å². The minimum atomic E-state index is -4.18. The monoisotopic (exact) mass is 470 g/mol. The van der Waals surface area contributed by atoms with Gasteiger partial charge in [0.05, 0.1) is 23.2 Å². The fourth-order valence-electron chi connectivity index (χ4n) is 3.31. The standard InChI is InChI=1S/C25H27FN2O4S/c1-4-32-21-13-11-20(12-14-21)19(3)27-25(29)17-28(24-8-6-5-7-23(24)26)33(30,31)22-15-9-18(2)10-16-22/h5-16,19H,4,17H2,1-3H3,(H,27,29). The zero-order valence-corrected chi connectivity index (χ0v) is 19.6. The zero-order chi connectivity index (χ0) is 24.0. The molecule has 1 amide bonds. The second-order valence-corrected chi connectivity index (χ2v) is 9.43. The molecule has 0 bridgehead atoms. The fraction of sp³-hybridized carbons (Fsp3) is 0.240. The highest BCUT2D eigenvalue weighted by Gasteiger charge is 2.29. The molecule has 0 aliphatic carbocycles. The molecule has 174 valence electrons. The molecule has 0 radical (unpaired) electrons. The lowest BCUT2D eigenvalue weighted by Crippen LogP contribution is -2.42. The van der Waals surface area contributed by atoms with Gasteiger partial charge in [-0.15, -0.1) is 0 Å². The van der Waals surface area contributed by atoms with Crippen molar-refractivity contribution in [1.82, 2.24) is 5.32 Å². The molecule has 8 heteroatoms. The van der Waals surface area contributed by atoms with E-state index in [1.165, 1.54) is 30.3 Å². The summed E-state index contributed by atoms with van der Waals surface area (Å²) < 4.78 is 47.5. The van der Waals surface area contributed by atoms with Gasteiger partial charge in [-0.1, -0.05) is 42.0 Å². The number of rotatable bonds is 9. The number of carbonyl (C=O) groups is 1. The number of aryl methyl sites for hydroxylation is 1. The van der Waals surface area contributed by atoms with Crippen LogP contribution in [-0.4, -0.2) is 27.5 Å². The van der Waals surface area contributed by atoms with E-state index in [1.807, 2.05) is 26.0 Å². The highest BCUT2D eigenvalue weighted by Crippen LogP contribution is 2.26. The van der Waals surface area contributed by atoms with Crippen molar-refractivity contribution >= 4 is 21.6 Å². The number of hydrogen-bond donors (Lipinski definition) is 1. The van der Waals surface area contributed by atoms with Crippen molar-refractivity contribution in [3.63, 3.8) is 0 Å². The quantitative estimate of drug-likeness (QED) is 0.496. The molecule has 0 saturated heterocycles. The molecular weight excluding hydrogens is 443 g/mol. The van der Waals surface area contributed by atoms with E-state index in [0.717, 1.165) is 27.2 Å². The van der Waals surface area contributed by atoms with Crippen molar-refractivity contribution < 1.29 is 22.3 Å². The van der Waals surface area contributed by atoms with E-state index < -0.39 is 34.3 Å². The Hall–Kier alpha value is -3.39. The lowest BCUT2D eigenvalue weighted by atomic mass is 10.1. The van der Waals surface area contributed by atoms with Gasteiger partial charge in [0.25, 0.3) is 10.0 Å². The summed E-state index contributed by atoms with van der Waals surface area (Å²) in [6, 6.07) is 18.5. The summed E-state index contributed by atoms with van der Waals surface area (Å²) in [5.41, 5.74) is 1.51. The number of nitrogens with zero attached hydrogens (tertiary/aromatic N) is 1. The maximum atomic E-state index is 14.6. The maximum Gasteiger partial charge on any atom is 0.264 e. The molecule has 1 unspecified atom stereocenters. The van der Waals surface area contributed by atoms with Crippen molar-refractivity contribution in [2.24, 2.45) is 0 Å². The van der Waals surface area contributed by atoms with Crippen molar-refractivity contribution in [3.8, 4) is 5.75 Å². The topological polar surface area (TPSA) is 75.7 Å². The molecule has 6 nitrogen and oxygen atoms in total. The summed E-state index contributed by atoms with van der Waals surface area (Å²) in [4.78, 5) is 12.8. The number of anilines is 1. The van der Waals surface area contributed by atoms with Crippen LogP contribution >= 0.6 is 0 Å². The second-order valence-electron chi connectivity index (χ2n) is 7.57. The third kappa shape index (κ3) is 5.90. The Labute approximate surface area is 194 Å². The number of sulfonamides is 1. The molecule has 0 spiro atoms. The highest BCUT2D eigenvalue weighted by atomic mass is 32.2. The van der Waals surface area contributed by atoms with E-state index in [0.29, 0.717) is 6.61 Å². The molecule has 0 aromatic heterocycles. The summed E-state index contributed by atoms with van der Waals surface area (Å²) >= 11 is 0. The van der Waals surface area contributed by atoms with Gasteiger partial charge in [0.1, 0.15) is 18.1 Å². The van der Waals surface area contributed by atoms with Crippen LogP contribution in [-0.2, 0) is 14.8 Å². The molecule has 3 rings (SSSR count). The number of ether oxygens (including phenoxy) is 1. The van der Waals surface area contributed by atoms with E-state index in [1.54, 1.807) is 31.2 Å². The van der Waals surface area contributed by atoms with Gasteiger partial charge >= 0.3 is 0 Å². The van der Waals surface area contributed by atoms with E-state index in [-0.39, 0.29) is 10.6 Å². The summed E-state index contributed by atoms with van der Waals surface area (Å²) in [6.45, 7) is 5.49. The number of amides is 1. The van der Waals surface area contributed by atoms with Gasteiger partial charge in [0, 0.05) is 0 Å². The van der Waals surface area contributed by atoms with Crippen molar-refractivity contribution in [1.29, 1.82) is 0 Å². The van der Waals surface area contributed by atoms with E-state index in [4.69, 9.17) is 4.74 Å². The molecule has 0 aliphatic heterocycles. The average Bonchev–Trinajstić information content (AvgIpc) is 2.79. The number of benzene rings is 3. The average molecular weight is 471 g/mol. The van der Waals surface area contributed by atoms with Gasteiger partial charge in [-0.05, 0) is 62.7 Å². The highest BCUT2D eigenvalue weighted by molar-refractivity contribution is 7.92. The molecule has 0 aliphatic rings. The minimum Gasteiger partial charge on any atom is -0.494 e. The Morgan fingerprint density at radius 1 is 1.03 bits per heavy atom. The van der Waals surface area contributed by atoms with Crippen LogP contribution in [0.25, 0.3) is 0 Å². The van der Waals surface area contributed by atoms with Gasteiger partial charge < -0.3 is 10.1 Å². The third-order valence-corrected chi connectivity index (χ3v) is 6.86. The Balaban J connectivity index is 1.85. The number of nitrogens with one attached hydrogen (secondary N) is 1. The Morgan fingerprint density at radius 3 is 2.27 bits per heavy atom. The molecule has 0 fully saturated rings. The molecule has 0 heterocycles. The van der Waals surface area contributed by atoms with Crippen LogP contribution in [0.1, 0.15) is 31.0 Å². The Bertz CT molecular complexity index is 1200. The van der Waals surface area contributed by atoms with Crippen molar-refractivity contribution in [3.05, 3.63) is 89.7 Å². The predicted molar refractivity (Wildman–Crippen MR) is 126 cm³/mol. The number of para-hydroxylation sites is 1. The van der Waals surface area contributed by atoms with Crippen LogP contribution in [0.15, 0.2) is 77.7 Å². The van der Waals surface area contributed by atoms with Crippen molar-refractivity contribution in [2.45, 2.75) is 31.7 Å². The van der Waals surface area contributed by atoms with Gasteiger partial charge in [0.15, 0.2) is 0 Å². The van der Waals surface area contributed by atoms with Crippen LogP contribution in [0.4, 0.5) is 10.1 Å². The summed E-state index contributed by atoms with van der Waals surface area (Å²) in [5.74, 6) is -0.578. The predicted octanol–water partition coefficient (Wildman–Crippen LogP) is 4.61.